The number of hydrogen-bond acceptors (Lipinski definition) is 3. The number of benzene rings is 1. The molecule has 0 amide bonds. The van der Waals surface area contributed by atoms with Crippen LogP contribution in [0.1, 0.15) is 5.56 Å². The van der Waals surface area contributed by atoms with Crippen molar-refractivity contribution in [1.29, 1.82) is 0 Å². The first-order chi connectivity index (χ1) is 7.24. The highest BCUT2D eigenvalue weighted by Gasteiger charge is 1.99. The molecule has 0 bridgehead atoms. The summed E-state index contributed by atoms with van der Waals surface area (Å²) < 4.78 is 16.5. The molecule has 0 atom stereocenters. The van der Waals surface area contributed by atoms with Gasteiger partial charge >= 0.3 is 0 Å². The summed E-state index contributed by atoms with van der Waals surface area (Å²) in [6.45, 7) is 3.38. The molecule has 1 aromatic carbocycles. The van der Waals surface area contributed by atoms with E-state index in [0.29, 0.717) is 13.2 Å². The van der Waals surface area contributed by atoms with Crippen LogP contribution in [0.25, 0.3) is 0 Å². The molecule has 0 radical (unpaired) electrons. The highest BCUT2D eigenvalue weighted by molar-refractivity contribution is 9.10. The maximum atomic E-state index is 5.44. The van der Waals surface area contributed by atoms with Crippen molar-refractivity contribution in [2.45, 2.75) is 6.92 Å². The maximum Gasteiger partial charge on any atom is 0.189 e. The average Bonchev–Trinajstić information content (AvgIpc) is 2.20. The summed E-state index contributed by atoms with van der Waals surface area (Å²) in [5.41, 5.74) is 1.08. The molecule has 0 aliphatic heterocycles. The Bertz CT molecular complexity index is 302. The van der Waals surface area contributed by atoms with E-state index >= 15 is 0 Å². The summed E-state index contributed by atoms with van der Waals surface area (Å²) >= 11 is 3.40. The van der Waals surface area contributed by atoms with E-state index in [-0.39, 0.29) is 6.79 Å². The second kappa shape index (κ2) is 6.82. The Hall–Kier alpha value is -0.580. The van der Waals surface area contributed by atoms with Crippen LogP contribution in [0, 0.1) is 6.92 Å². The summed E-state index contributed by atoms with van der Waals surface area (Å²) in [5.74, 6) is 0.843. The highest BCUT2D eigenvalue weighted by atomic mass is 79.9. The van der Waals surface area contributed by atoms with Crippen LogP contribution in [0.4, 0.5) is 0 Å². The third-order valence-electron chi connectivity index (χ3n) is 1.87. The second-order valence-electron chi connectivity index (χ2n) is 3.07. The van der Waals surface area contributed by atoms with Crippen LogP contribution < -0.4 is 4.74 Å². The van der Waals surface area contributed by atoms with Crippen LogP contribution in [0.5, 0.6) is 5.75 Å². The molecule has 1 aromatic rings. The minimum absolute atomic E-state index is 0.256. The van der Waals surface area contributed by atoms with Gasteiger partial charge in [0.1, 0.15) is 5.75 Å². The van der Waals surface area contributed by atoms with E-state index in [4.69, 9.17) is 14.2 Å². The lowest BCUT2D eigenvalue weighted by Crippen LogP contribution is -2.08. The van der Waals surface area contributed by atoms with Crippen molar-refractivity contribution in [2.24, 2.45) is 0 Å². The van der Waals surface area contributed by atoms with Gasteiger partial charge in [0.15, 0.2) is 6.79 Å². The van der Waals surface area contributed by atoms with Crippen LogP contribution in [-0.2, 0) is 9.47 Å². The summed E-state index contributed by atoms with van der Waals surface area (Å²) in [5, 5.41) is 0. The molecule has 0 fully saturated rings. The normalized spacial score (nSPS) is 10.3. The van der Waals surface area contributed by atoms with Gasteiger partial charge in [-0.25, -0.2) is 0 Å². The van der Waals surface area contributed by atoms with E-state index in [1.54, 1.807) is 7.11 Å². The molecule has 3 nitrogen and oxygen atoms in total. The van der Waals surface area contributed by atoms with Gasteiger partial charge in [-0.1, -0.05) is 15.9 Å². The van der Waals surface area contributed by atoms with Gasteiger partial charge in [-0.2, -0.15) is 0 Å². The molecular formula is C11H15BrO3. The lowest BCUT2D eigenvalue weighted by Gasteiger charge is -2.09. The maximum absolute atomic E-state index is 5.44. The predicted molar refractivity (Wildman–Crippen MR) is 62.2 cm³/mol. The minimum Gasteiger partial charge on any atom is -0.467 e. The first kappa shape index (κ1) is 12.5. The molecule has 0 saturated carbocycles. The van der Waals surface area contributed by atoms with Crippen molar-refractivity contribution in [3.05, 3.63) is 28.2 Å². The van der Waals surface area contributed by atoms with E-state index in [1.165, 1.54) is 0 Å². The monoisotopic (exact) mass is 274 g/mol. The van der Waals surface area contributed by atoms with Gasteiger partial charge in [-0.3, -0.25) is 0 Å². The number of methoxy groups -OCH3 is 1. The zero-order valence-electron chi connectivity index (χ0n) is 8.96. The second-order valence-corrected chi connectivity index (χ2v) is 3.99. The fraction of sp³-hybridized carbons (Fsp3) is 0.455. The molecule has 84 valence electrons. The molecule has 0 saturated heterocycles. The largest absolute Gasteiger partial charge is 0.467 e. The molecule has 0 heterocycles. The van der Waals surface area contributed by atoms with Crippen LogP contribution in [0.2, 0.25) is 0 Å². The molecule has 15 heavy (non-hydrogen) atoms. The Balaban J connectivity index is 2.31. The van der Waals surface area contributed by atoms with E-state index < -0.39 is 0 Å². The number of ether oxygens (including phenoxy) is 3. The summed E-state index contributed by atoms with van der Waals surface area (Å²) in [6, 6.07) is 5.86. The molecule has 0 spiro atoms. The Labute approximate surface area is 98.5 Å². The topological polar surface area (TPSA) is 27.7 Å². The van der Waals surface area contributed by atoms with Gasteiger partial charge in [0, 0.05) is 11.6 Å². The van der Waals surface area contributed by atoms with Gasteiger partial charge in [0.2, 0.25) is 0 Å². The summed E-state index contributed by atoms with van der Waals surface area (Å²) in [7, 11) is 1.64. The van der Waals surface area contributed by atoms with E-state index in [0.717, 1.165) is 15.8 Å². The molecule has 0 aliphatic rings. The first-order valence-electron chi connectivity index (χ1n) is 4.69. The molecule has 0 aliphatic carbocycles. The number of rotatable bonds is 6. The zero-order chi connectivity index (χ0) is 11.1. The quantitative estimate of drug-likeness (QED) is 0.590. The molecule has 0 aromatic heterocycles. The fourth-order valence-electron chi connectivity index (χ4n) is 1.08. The van der Waals surface area contributed by atoms with Crippen molar-refractivity contribution in [2.75, 3.05) is 27.1 Å². The van der Waals surface area contributed by atoms with Crippen LogP contribution in [0.15, 0.2) is 22.7 Å². The van der Waals surface area contributed by atoms with Gasteiger partial charge in [0.25, 0.3) is 0 Å². The Morgan fingerprint density at radius 3 is 2.73 bits per heavy atom. The lowest BCUT2D eigenvalue weighted by molar-refractivity contribution is -0.00876. The zero-order valence-corrected chi connectivity index (χ0v) is 10.5. The molecule has 4 heteroatoms. The summed E-state index contributed by atoms with van der Waals surface area (Å²) in [4.78, 5) is 0. The van der Waals surface area contributed by atoms with Crippen molar-refractivity contribution in [1.82, 2.24) is 0 Å². The standard InChI is InChI=1S/C11H15BrO3/c1-9-7-10(12)3-4-11(9)15-8-14-6-5-13-2/h3-4,7H,5-6,8H2,1-2H3. The minimum atomic E-state index is 0.256. The van der Waals surface area contributed by atoms with Crippen molar-refractivity contribution >= 4 is 15.9 Å². The van der Waals surface area contributed by atoms with Gasteiger partial charge in [-0.15, -0.1) is 0 Å². The van der Waals surface area contributed by atoms with Crippen LogP contribution >= 0.6 is 15.9 Å². The van der Waals surface area contributed by atoms with Crippen molar-refractivity contribution < 1.29 is 14.2 Å². The fourth-order valence-corrected chi connectivity index (χ4v) is 1.56. The van der Waals surface area contributed by atoms with Gasteiger partial charge in [0.05, 0.1) is 13.2 Å². The smallest absolute Gasteiger partial charge is 0.189 e. The van der Waals surface area contributed by atoms with Crippen LogP contribution in [0.3, 0.4) is 0 Å². The average molecular weight is 275 g/mol. The Kier molecular flexibility index (Phi) is 5.68. The van der Waals surface area contributed by atoms with Crippen molar-refractivity contribution in [3.8, 4) is 5.75 Å². The molecule has 0 N–H and O–H groups in total. The third-order valence-corrected chi connectivity index (χ3v) is 2.36. The number of halogens is 1. The van der Waals surface area contributed by atoms with E-state index in [2.05, 4.69) is 15.9 Å². The van der Waals surface area contributed by atoms with Crippen LogP contribution in [-0.4, -0.2) is 27.1 Å². The Morgan fingerprint density at radius 2 is 2.07 bits per heavy atom. The molecular weight excluding hydrogens is 260 g/mol. The van der Waals surface area contributed by atoms with E-state index in [9.17, 15) is 0 Å². The van der Waals surface area contributed by atoms with Gasteiger partial charge < -0.3 is 14.2 Å². The highest BCUT2D eigenvalue weighted by Crippen LogP contribution is 2.21. The predicted octanol–water partition coefficient (Wildman–Crippen LogP) is 2.76. The number of hydrogen-bond donors (Lipinski definition) is 0. The van der Waals surface area contributed by atoms with E-state index in [1.807, 2.05) is 25.1 Å². The van der Waals surface area contributed by atoms with Crippen molar-refractivity contribution in [3.63, 3.8) is 0 Å². The Morgan fingerprint density at radius 1 is 1.27 bits per heavy atom. The molecule has 1 rings (SSSR count). The SMILES string of the molecule is COCCOCOc1ccc(Br)cc1C. The lowest BCUT2D eigenvalue weighted by atomic mass is 10.2. The summed E-state index contributed by atoms with van der Waals surface area (Å²) in [6.07, 6.45) is 0. The third kappa shape index (κ3) is 4.64. The molecule has 0 unspecified atom stereocenters. The van der Waals surface area contributed by atoms with Gasteiger partial charge in [-0.05, 0) is 30.7 Å². The first-order valence-corrected chi connectivity index (χ1v) is 5.49. The number of aryl methyl sites for hydroxylation is 1.